The minimum Gasteiger partial charge on any atom is -0.365 e. The lowest BCUT2D eigenvalue weighted by atomic mass is 10.1. The van der Waals surface area contributed by atoms with Crippen LogP contribution in [0.4, 0.5) is 8.78 Å². The van der Waals surface area contributed by atoms with Crippen LogP contribution >= 0.6 is 0 Å². The van der Waals surface area contributed by atoms with Crippen molar-refractivity contribution < 1.29 is 18.4 Å². The molecule has 1 fully saturated rings. The molecule has 0 bridgehead atoms. The summed E-state index contributed by atoms with van der Waals surface area (Å²) in [5, 5.41) is 0. The van der Waals surface area contributed by atoms with Crippen LogP contribution in [-0.2, 0) is 11.2 Å². The SMILES string of the molecule is O=C(Cc1ccc[nH]1)N1CCN(C(=O)c2ccc(F)cc2F)CC1. The first-order valence-electron chi connectivity index (χ1n) is 7.69. The second-order valence-corrected chi connectivity index (χ2v) is 5.67. The van der Waals surface area contributed by atoms with Gasteiger partial charge in [0.15, 0.2) is 0 Å². The van der Waals surface area contributed by atoms with Crippen molar-refractivity contribution in [3.63, 3.8) is 0 Å². The van der Waals surface area contributed by atoms with Gasteiger partial charge in [-0.05, 0) is 24.3 Å². The van der Waals surface area contributed by atoms with Crippen LogP contribution in [0.2, 0.25) is 0 Å². The van der Waals surface area contributed by atoms with Crippen molar-refractivity contribution in [3.8, 4) is 0 Å². The number of hydrogen-bond donors (Lipinski definition) is 1. The standard InChI is InChI=1S/C17H17F2N3O2/c18-12-3-4-14(15(19)10-12)17(24)22-8-6-21(7-9-22)16(23)11-13-2-1-5-20-13/h1-5,10,20H,6-9,11H2. The van der Waals surface area contributed by atoms with Gasteiger partial charge in [-0.3, -0.25) is 9.59 Å². The van der Waals surface area contributed by atoms with Crippen molar-refractivity contribution in [2.24, 2.45) is 0 Å². The number of aromatic nitrogens is 1. The first-order chi connectivity index (χ1) is 11.5. The van der Waals surface area contributed by atoms with E-state index in [-0.39, 0.29) is 17.9 Å². The van der Waals surface area contributed by atoms with Crippen molar-refractivity contribution in [2.45, 2.75) is 6.42 Å². The van der Waals surface area contributed by atoms with Crippen LogP contribution in [0.1, 0.15) is 16.1 Å². The fraction of sp³-hybridized carbons (Fsp3) is 0.294. The van der Waals surface area contributed by atoms with Gasteiger partial charge in [0, 0.05) is 44.1 Å². The van der Waals surface area contributed by atoms with E-state index >= 15 is 0 Å². The molecule has 3 rings (SSSR count). The molecule has 0 unspecified atom stereocenters. The molecule has 0 aliphatic carbocycles. The number of hydrogen-bond acceptors (Lipinski definition) is 2. The molecule has 2 amide bonds. The molecule has 1 saturated heterocycles. The van der Waals surface area contributed by atoms with Crippen LogP contribution in [0.3, 0.4) is 0 Å². The van der Waals surface area contributed by atoms with Crippen LogP contribution in [0.25, 0.3) is 0 Å². The summed E-state index contributed by atoms with van der Waals surface area (Å²) >= 11 is 0. The molecule has 126 valence electrons. The maximum absolute atomic E-state index is 13.7. The normalized spacial score (nSPS) is 14.8. The molecule has 0 saturated carbocycles. The highest BCUT2D eigenvalue weighted by molar-refractivity contribution is 5.94. The molecular formula is C17H17F2N3O2. The van der Waals surface area contributed by atoms with Crippen LogP contribution < -0.4 is 0 Å². The van der Waals surface area contributed by atoms with Crippen molar-refractivity contribution in [3.05, 3.63) is 59.4 Å². The van der Waals surface area contributed by atoms with E-state index in [1.54, 1.807) is 11.1 Å². The zero-order valence-corrected chi connectivity index (χ0v) is 13.0. The molecule has 1 aromatic carbocycles. The second-order valence-electron chi connectivity index (χ2n) is 5.67. The lowest BCUT2D eigenvalue weighted by Crippen LogP contribution is -2.51. The van der Waals surface area contributed by atoms with E-state index < -0.39 is 17.5 Å². The molecule has 1 aliphatic heterocycles. The van der Waals surface area contributed by atoms with Crippen LogP contribution in [0.15, 0.2) is 36.5 Å². The molecule has 1 N–H and O–H groups in total. The van der Waals surface area contributed by atoms with Crippen molar-refractivity contribution >= 4 is 11.8 Å². The Hall–Kier alpha value is -2.70. The molecule has 7 heteroatoms. The average Bonchev–Trinajstić information content (AvgIpc) is 3.07. The summed E-state index contributed by atoms with van der Waals surface area (Å²) in [4.78, 5) is 30.7. The molecule has 0 spiro atoms. The summed E-state index contributed by atoms with van der Waals surface area (Å²) in [5.41, 5.74) is 0.689. The Morgan fingerprint density at radius 2 is 1.75 bits per heavy atom. The van der Waals surface area contributed by atoms with E-state index in [2.05, 4.69) is 4.98 Å². The van der Waals surface area contributed by atoms with Crippen LogP contribution in [0, 0.1) is 11.6 Å². The lowest BCUT2D eigenvalue weighted by molar-refractivity contribution is -0.132. The predicted octanol–water partition coefficient (Wildman–Crippen LogP) is 1.82. The summed E-state index contributed by atoms with van der Waals surface area (Å²) in [7, 11) is 0. The van der Waals surface area contributed by atoms with Crippen molar-refractivity contribution in [2.75, 3.05) is 26.2 Å². The Labute approximate surface area is 137 Å². The summed E-state index contributed by atoms with van der Waals surface area (Å²) in [6, 6.07) is 6.58. The number of rotatable bonds is 3. The van der Waals surface area contributed by atoms with Crippen molar-refractivity contribution in [1.82, 2.24) is 14.8 Å². The Bertz CT molecular complexity index is 738. The average molecular weight is 333 g/mol. The number of benzene rings is 1. The number of carbonyl (C=O) groups excluding carboxylic acids is 2. The molecule has 5 nitrogen and oxygen atoms in total. The van der Waals surface area contributed by atoms with Gasteiger partial charge in [-0.15, -0.1) is 0 Å². The van der Waals surface area contributed by atoms with Gasteiger partial charge in [-0.2, -0.15) is 0 Å². The first kappa shape index (κ1) is 16.2. The monoisotopic (exact) mass is 333 g/mol. The number of piperazine rings is 1. The van der Waals surface area contributed by atoms with E-state index in [1.807, 2.05) is 12.1 Å². The van der Waals surface area contributed by atoms with E-state index in [1.165, 1.54) is 4.90 Å². The Kier molecular flexibility index (Phi) is 4.59. The molecule has 1 aliphatic rings. The smallest absolute Gasteiger partial charge is 0.256 e. The number of nitrogens with one attached hydrogen (secondary N) is 1. The van der Waals surface area contributed by atoms with Gasteiger partial charge < -0.3 is 14.8 Å². The van der Waals surface area contributed by atoms with Gasteiger partial charge in [0.25, 0.3) is 5.91 Å². The molecule has 0 radical (unpaired) electrons. The molecule has 0 atom stereocenters. The molecule has 1 aromatic heterocycles. The van der Waals surface area contributed by atoms with E-state index in [0.717, 1.165) is 17.8 Å². The first-order valence-corrected chi connectivity index (χ1v) is 7.69. The molecule has 24 heavy (non-hydrogen) atoms. The summed E-state index contributed by atoms with van der Waals surface area (Å²) in [5.74, 6) is -2.09. The Morgan fingerprint density at radius 1 is 1.04 bits per heavy atom. The highest BCUT2D eigenvalue weighted by atomic mass is 19.1. The number of amides is 2. The number of H-pyrrole nitrogens is 1. The zero-order valence-electron chi connectivity index (χ0n) is 13.0. The third-order valence-electron chi connectivity index (χ3n) is 4.09. The zero-order chi connectivity index (χ0) is 17.1. The Morgan fingerprint density at radius 3 is 2.38 bits per heavy atom. The molecule has 2 aromatic rings. The summed E-state index contributed by atoms with van der Waals surface area (Å²) in [6.45, 7) is 1.44. The fourth-order valence-corrected chi connectivity index (χ4v) is 2.74. The second kappa shape index (κ2) is 6.82. The maximum atomic E-state index is 13.7. The quantitative estimate of drug-likeness (QED) is 0.931. The summed E-state index contributed by atoms with van der Waals surface area (Å²) in [6.07, 6.45) is 2.05. The van der Waals surface area contributed by atoms with Gasteiger partial charge in [-0.25, -0.2) is 8.78 Å². The van der Waals surface area contributed by atoms with Crippen molar-refractivity contribution in [1.29, 1.82) is 0 Å². The highest BCUT2D eigenvalue weighted by Crippen LogP contribution is 2.14. The lowest BCUT2D eigenvalue weighted by Gasteiger charge is -2.34. The van der Waals surface area contributed by atoms with Gasteiger partial charge in [-0.1, -0.05) is 0 Å². The fourth-order valence-electron chi connectivity index (χ4n) is 2.74. The Balaban J connectivity index is 1.58. The number of carbonyl (C=O) groups is 2. The van der Waals surface area contributed by atoms with E-state index in [9.17, 15) is 18.4 Å². The minimum absolute atomic E-state index is 0.0162. The van der Waals surface area contributed by atoms with Gasteiger partial charge in [0.1, 0.15) is 11.6 Å². The number of halogens is 2. The van der Waals surface area contributed by atoms with Gasteiger partial charge in [0.05, 0.1) is 12.0 Å². The van der Waals surface area contributed by atoms with Crippen LogP contribution in [-0.4, -0.2) is 52.8 Å². The van der Waals surface area contributed by atoms with Crippen LogP contribution in [0.5, 0.6) is 0 Å². The largest absolute Gasteiger partial charge is 0.365 e. The summed E-state index contributed by atoms with van der Waals surface area (Å²) < 4.78 is 26.7. The number of nitrogens with zero attached hydrogens (tertiary/aromatic N) is 2. The van der Waals surface area contributed by atoms with Gasteiger partial charge >= 0.3 is 0 Å². The minimum atomic E-state index is -0.870. The molecular weight excluding hydrogens is 316 g/mol. The predicted molar refractivity (Wildman–Crippen MR) is 83.3 cm³/mol. The van der Waals surface area contributed by atoms with Gasteiger partial charge in [0.2, 0.25) is 5.91 Å². The van der Waals surface area contributed by atoms with E-state index in [0.29, 0.717) is 32.2 Å². The highest BCUT2D eigenvalue weighted by Gasteiger charge is 2.26. The topological polar surface area (TPSA) is 56.4 Å². The molecule has 2 heterocycles. The number of aromatic amines is 1. The maximum Gasteiger partial charge on any atom is 0.256 e. The van der Waals surface area contributed by atoms with E-state index in [4.69, 9.17) is 0 Å². The third kappa shape index (κ3) is 3.45. The third-order valence-corrected chi connectivity index (χ3v) is 4.09.